The zero-order valence-electron chi connectivity index (χ0n) is 16.4. The van der Waals surface area contributed by atoms with Gasteiger partial charge in [0.2, 0.25) is 0 Å². The number of halogens is 1. The second-order valence-electron chi connectivity index (χ2n) is 6.99. The van der Waals surface area contributed by atoms with Crippen LogP contribution in [0.4, 0.5) is 0 Å². The zero-order valence-corrected chi connectivity index (χ0v) is 17.2. The van der Waals surface area contributed by atoms with Crippen molar-refractivity contribution in [1.82, 2.24) is 18.7 Å². The molecule has 1 atom stereocenters. The van der Waals surface area contributed by atoms with E-state index in [-0.39, 0.29) is 37.0 Å². The molecular formula is C20H21ClN4O5. The molecule has 30 heavy (non-hydrogen) atoms. The molecule has 0 bridgehead atoms. The van der Waals surface area contributed by atoms with Gasteiger partial charge in [0.1, 0.15) is 6.54 Å². The Bertz CT molecular complexity index is 1190. The summed E-state index contributed by atoms with van der Waals surface area (Å²) < 4.78 is 14.5. The van der Waals surface area contributed by atoms with Crippen LogP contribution in [0.3, 0.4) is 0 Å². The molecule has 10 heteroatoms. The molecule has 0 spiro atoms. The van der Waals surface area contributed by atoms with Gasteiger partial charge in [-0.25, -0.2) is 14.3 Å². The molecule has 0 amide bonds. The first kappa shape index (κ1) is 20.4. The SMILES string of the molecule is CCOC(=O)Cn1cnc2c1c(=O)n(C[C@H]1CCCO1)c(=O)n2-c1ccc(Cl)cc1. The van der Waals surface area contributed by atoms with E-state index < -0.39 is 17.2 Å². The highest BCUT2D eigenvalue weighted by Gasteiger charge is 2.24. The Morgan fingerprint density at radius 3 is 2.73 bits per heavy atom. The smallest absolute Gasteiger partial charge is 0.337 e. The average Bonchev–Trinajstić information content (AvgIpc) is 3.37. The summed E-state index contributed by atoms with van der Waals surface area (Å²) in [4.78, 5) is 42.8. The van der Waals surface area contributed by atoms with Crippen molar-refractivity contribution in [2.45, 2.75) is 39.0 Å². The number of nitrogens with zero attached hydrogens (tertiary/aromatic N) is 4. The molecule has 1 aliphatic heterocycles. The van der Waals surface area contributed by atoms with Crippen LogP contribution in [0.2, 0.25) is 5.02 Å². The monoisotopic (exact) mass is 432 g/mol. The van der Waals surface area contributed by atoms with E-state index in [1.165, 1.54) is 15.5 Å². The maximum absolute atomic E-state index is 13.3. The Kier molecular flexibility index (Phi) is 5.74. The van der Waals surface area contributed by atoms with Gasteiger partial charge in [-0.05, 0) is 44.0 Å². The van der Waals surface area contributed by atoms with Crippen LogP contribution in [-0.2, 0) is 27.4 Å². The van der Waals surface area contributed by atoms with Crippen LogP contribution in [0.25, 0.3) is 16.9 Å². The number of hydrogen-bond acceptors (Lipinski definition) is 6. The highest BCUT2D eigenvalue weighted by atomic mass is 35.5. The number of carbonyl (C=O) groups excluding carboxylic acids is 1. The molecule has 3 aromatic rings. The van der Waals surface area contributed by atoms with Gasteiger partial charge in [-0.3, -0.25) is 14.2 Å². The minimum Gasteiger partial charge on any atom is -0.465 e. The van der Waals surface area contributed by atoms with Gasteiger partial charge in [-0.15, -0.1) is 0 Å². The van der Waals surface area contributed by atoms with Crippen LogP contribution >= 0.6 is 11.6 Å². The predicted molar refractivity (Wildman–Crippen MR) is 110 cm³/mol. The topological polar surface area (TPSA) is 97.4 Å². The molecular weight excluding hydrogens is 412 g/mol. The molecule has 1 aliphatic rings. The molecule has 158 valence electrons. The fraction of sp³-hybridized carbons (Fsp3) is 0.400. The molecule has 9 nitrogen and oxygen atoms in total. The maximum atomic E-state index is 13.3. The quantitative estimate of drug-likeness (QED) is 0.550. The first-order valence-electron chi connectivity index (χ1n) is 9.73. The van der Waals surface area contributed by atoms with Gasteiger partial charge in [0.25, 0.3) is 5.56 Å². The molecule has 3 heterocycles. The Morgan fingerprint density at radius 2 is 2.07 bits per heavy atom. The summed E-state index contributed by atoms with van der Waals surface area (Å²) in [5.41, 5.74) is -0.211. The van der Waals surface area contributed by atoms with Gasteiger partial charge in [-0.2, -0.15) is 0 Å². The number of rotatable bonds is 6. The molecule has 0 N–H and O–H groups in total. The van der Waals surface area contributed by atoms with Gasteiger partial charge >= 0.3 is 11.7 Å². The summed E-state index contributed by atoms with van der Waals surface area (Å²) in [6.45, 7) is 2.48. The summed E-state index contributed by atoms with van der Waals surface area (Å²) in [5.74, 6) is -0.494. The van der Waals surface area contributed by atoms with Crippen molar-refractivity contribution in [3.8, 4) is 5.69 Å². The highest BCUT2D eigenvalue weighted by molar-refractivity contribution is 6.30. The summed E-state index contributed by atoms with van der Waals surface area (Å²) in [5, 5.41) is 0.517. The molecule has 0 radical (unpaired) electrons. The Balaban J connectivity index is 1.93. The molecule has 1 saturated heterocycles. The summed E-state index contributed by atoms with van der Waals surface area (Å²) >= 11 is 5.99. The summed E-state index contributed by atoms with van der Waals surface area (Å²) in [7, 11) is 0. The first-order chi connectivity index (χ1) is 14.5. The minimum absolute atomic E-state index is 0.131. The lowest BCUT2D eigenvalue weighted by Crippen LogP contribution is -2.42. The van der Waals surface area contributed by atoms with Crippen LogP contribution in [-0.4, -0.2) is 44.0 Å². The van der Waals surface area contributed by atoms with E-state index in [0.29, 0.717) is 17.3 Å². The van der Waals surface area contributed by atoms with Crippen LogP contribution in [0, 0.1) is 0 Å². The predicted octanol–water partition coefficient (Wildman–Crippen LogP) is 1.74. The third kappa shape index (κ3) is 3.78. The Labute approximate surface area is 176 Å². The second kappa shape index (κ2) is 8.45. The molecule has 0 saturated carbocycles. The van der Waals surface area contributed by atoms with Crippen LogP contribution in [0.15, 0.2) is 40.2 Å². The van der Waals surface area contributed by atoms with Crippen LogP contribution < -0.4 is 11.2 Å². The van der Waals surface area contributed by atoms with Gasteiger partial charge < -0.3 is 14.0 Å². The van der Waals surface area contributed by atoms with Crippen molar-refractivity contribution in [2.24, 2.45) is 0 Å². The van der Waals surface area contributed by atoms with E-state index in [1.807, 2.05) is 0 Å². The van der Waals surface area contributed by atoms with Crippen molar-refractivity contribution in [2.75, 3.05) is 13.2 Å². The number of hydrogen-bond donors (Lipinski definition) is 0. The number of fused-ring (bicyclic) bond motifs is 1. The Hall–Kier alpha value is -2.91. The van der Waals surface area contributed by atoms with E-state index in [0.717, 1.165) is 17.4 Å². The number of carbonyl (C=O) groups is 1. The number of esters is 1. The zero-order chi connectivity index (χ0) is 21.3. The summed E-state index contributed by atoms with van der Waals surface area (Å²) in [6, 6.07) is 6.66. The standard InChI is InChI=1S/C20H21ClN4O5/c1-2-29-16(26)11-23-12-22-18-17(23)19(27)24(10-15-4-3-9-30-15)20(28)25(18)14-7-5-13(21)6-8-14/h5-8,12,15H,2-4,9-11H2,1H3/t15-/m1/s1. The van der Waals surface area contributed by atoms with Gasteiger partial charge in [-0.1, -0.05) is 11.6 Å². The first-order valence-corrected chi connectivity index (χ1v) is 10.1. The number of benzene rings is 1. The average molecular weight is 433 g/mol. The molecule has 1 aromatic carbocycles. The van der Waals surface area contributed by atoms with E-state index in [1.54, 1.807) is 31.2 Å². The fourth-order valence-electron chi connectivity index (χ4n) is 3.62. The largest absolute Gasteiger partial charge is 0.465 e. The van der Waals surface area contributed by atoms with Crippen molar-refractivity contribution in [3.05, 3.63) is 56.5 Å². The molecule has 2 aromatic heterocycles. The van der Waals surface area contributed by atoms with Crippen molar-refractivity contribution >= 4 is 28.7 Å². The lowest BCUT2D eigenvalue weighted by atomic mass is 10.2. The van der Waals surface area contributed by atoms with E-state index >= 15 is 0 Å². The third-order valence-electron chi connectivity index (χ3n) is 5.00. The highest BCUT2D eigenvalue weighted by Crippen LogP contribution is 2.17. The molecule has 4 rings (SSSR count). The second-order valence-corrected chi connectivity index (χ2v) is 7.43. The van der Waals surface area contributed by atoms with E-state index in [9.17, 15) is 14.4 Å². The van der Waals surface area contributed by atoms with Crippen LogP contribution in [0.5, 0.6) is 0 Å². The van der Waals surface area contributed by atoms with Crippen molar-refractivity contribution in [1.29, 1.82) is 0 Å². The Morgan fingerprint density at radius 1 is 1.30 bits per heavy atom. The normalized spacial score (nSPS) is 16.3. The van der Waals surface area contributed by atoms with Gasteiger partial charge in [0.15, 0.2) is 11.2 Å². The van der Waals surface area contributed by atoms with Gasteiger partial charge in [0, 0.05) is 11.6 Å². The van der Waals surface area contributed by atoms with Crippen molar-refractivity contribution < 1.29 is 14.3 Å². The van der Waals surface area contributed by atoms with E-state index in [4.69, 9.17) is 21.1 Å². The van der Waals surface area contributed by atoms with Crippen molar-refractivity contribution in [3.63, 3.8) is 0 Å². The lowest BCUT2D eigenvalue weighted by Gasteiger charge is -2.15. The molecule has 1 fully saturated rings. The number of ether oxygens (including phenoxy) is 2. The lowest BCUT2D eigenvalue weighted by molar-refractivity contribution is -0.143. The molecule has 0 aliphatic carbocycles. The number of imidazole rings is 1. The number of aromatic nitrogens is 4. The maximum Gasteiger partial charge on any atom is 0.337 e. The van der Waals surface area contributed by atoms with E-state index in [2.05, 4.69) is 4.98 Å². The third-order valence-corrected chi connectivity index (χ3v) is 5.25. The van der Waals surface area contributed by atoms with Gasteiger partial charge in [0.05, 0.1) is 31.3 Å². The fourth-order valence-corrected chi connectivity index (χ4v) is 3.75. The minimum atomic E-state index is -0.522. The molecule has 0 unspecified atom stereocenters. The van der Waals surface area contributed by atoms with Crippen LogP contribution in [0.1, 0.15) is 19.8 Å². The summed E-state index contributed by atoms with van der Waals surface area (Å²) in [6.07, 6.45) is 2.81.